The molecule has 27 heavy (non-hydrogen) atoms. The number of rotatable bonds is 7. The van der Waals surface area contributed by atoms with Crippen molar-refractivity contribution < 1.29 is 9.53 Å². The Morgan fingerprint density at radius 3 is 2.67 bits per heavy atom. The van der Waals surface area contributed by atoms with Crippen LogP contribution in [0, 0.1) is 13.8 Å². The highest BCUT2D eigenvalue weighted by Crippen LogP contribution is 2.38. The van der Waals surface area contributed by atoms with E-state index in [0.29, 0.717) is 11.8 Å². The molecule has 1 aliphatic rings. The average Bonchev–Trinajstić information content (AvgIpc) is 3.31. The number of methoxy groups -OCH3 is 1. The lowest BCUT2D eigenvalue weighted by Gasteiger charge is -2.09. The summed E-state index contributed by atoms with van der Waals surface area (Å²) in [6, 6.07) is 10.4. The normalized spacial score (nSPS) is 13.7. The Bertz CT molecular complexity index is 968. The van der Waals surface area contributed by atoms with Crippen LogP contribution in [-0.2, 0) is 0 Å². The highest BCUT2D eigenvalue weighted by atomic mass is 32.2. The molecule has 3 aromatic rings. The number of imidazole rings is 1. The number of aromatic nitrogens is 3. The highest BCUT2D eigenvalue weighted by Gasteiger charge is 2.28. The first-order chi connectivity index (χ1) is 13.1. The second-order valence-corrected chi connectivity index (χ2v) is 7.82. The predicted octanol–water partition coefficient (Wildman–Crippen LogP) is 4.61. The topological polar surface area (TPSA) is 49.1 Å². The van der Waals surface area contributed by atoms with Gasteiger partial charge in [-0.15, -0.1) is 0 Å². The Morgan fingerprint density at radius 1 is 1.26 bits per heavy atom. The zero-order chi connectivity index (χ0) is 19.0. The first-order valence-corrected chi connectivity index (χ1v) is 10.1. The summed E-state index contributed by atoms with van der Waals surface area (Å²) in [5, 5.41) is 0.810. The van der Waals surface area contributed by atoms with Crippen LogP contribution < -0.4 is 4.74 Å². The molecule has 0 N–H and O–H groups in total. The van der Waals surface area contributed by atoms with Crippen LogP contribution in [0.2, 0.25) is 0 Å². The summed E-state index contributed by atoms with van der Waals surface area (Å²) in [6.45, 7) is 4.15. The van der Waals surface area contributed by atoms with E-state index in [9.17, 15) is 4.79 Å². The van der Waals surface area contributed by atoms with Crippen LogP contribution in [0.25, 0.3) is 5.69 Å². The van der Waals surface area contributed by atoms with Gasteiger partial charge >= 0.3 is 0 Å². The Kier molecular flexibility index (Phi) is 4.83. The summed E-state index contributed by atoms with van der Waals surface area (Å²) in [5.41, 5.74) is 4.12. The Morgan fingerprint density at radius 2 is 2.00 bits per heavy atom. The van der Waals surface area contributed by atoms with Gasteiger partial charge in [0.25, 0.3) is 0 Å². The van der Waals surface area contributed by atoms with Gasteiger partial charge < -0.3 is 9.30 Å². The zero-order valence-electron chi connectivity index (χ0n) is 15.8. The number of carbonyl (C=O) groups excluding carboxylic acids is 1. The molecule has 1 aliphatic carbocycles. The highest BCUT2D eigenvalue weighted by molar-refractivity contribution is 7.99. The molecule has 0 radical (unpaired) electrons. The average molecular weight is 382 g/mol. The van der Waals surface area contributed by atoms with Gasteiger partial charge in [0.15, 0.2) is 10.9 Å². The fourth-order valence-electron chi connectivity index (χ4n) is 3.50. The van der Waals surface area contributed by atoms with E-state index in [1.807, 2.05) is 41.1 Å². The number of ether oxygens (including phenoxy) is 1. The van der Waals surface area contributed by atoms with Gasteiger partial charge in [0.2, 0.25) is 0 Å². The number of aryl methyl sites for hydroxylation is 1. The maximum absolute atomic E-state index is 12.8. The number of hydrogen-bond acceptors (Lipinski definition) is 4. The maximum atomic E-state index is 12.8. The van der Waals surface area contributed by atoms with E-state index in [0.717, 1.165) is 27.9 Å². The third-order valence-electron chi connectivity index (χ3n) is 4.99. The largest absolute Gasteiger partial charge is 0.497 e. The van der Waals surface area contributed by atoms with E-state index >= 15 is 0 Å². The molecule has 2 aromatic heterocycles. The smallest absolute Gasteiger partial charge is 0.175 e. The Hall–Kier alpha value is -2.47. The van der Waals surface area contributed by atoms with Gasteiger partial charge in [0.1, 0.15) is 5.75 Å². The first kappa shape index (κ1) is 17.9. The molecular formula is C21H23N3O2S. The quantitative estimate of drug-likeness (QED) is 0.443. The van der Waals surface area contributed by atoms with Crippen molar-refractivity contribution in [1.82, 2.24) is 14.1 Å². The molecule has 0 aliphatic heterocycles. The standard InChI is InChI=1S/C21H23N3O2S/c1-14-12-19(15(2)24(14)17-4-5-17)20(25)13-27-21-22-10-11-23(21)16-6-8-18(26-3)9-7-16/h6-12,17H,4-5,13H2,1-3H3. The van der Waals surface area contributed by atoms with Gasteiger partial charge in [-0.3, -0.25) is 9.36 Å². The SMILES string of the molecule is COc1ccc(-n2ccnc2SCC(=O)c2cc(C)n(C3CC3)c2C)cc1. The minimum atomic E-state index is 0.157. The molecule has 1 aromatic carbocycles. The molecular weight excluding hydrogens is 358 g/mol. The van der Waals surface area contributed by atoms with Crippen molar-refractivity contribution in [1.29, 1.82) is 0 Å². The second kappa shape index (κ2) is 7.27. The molecule has 2 heterocycles. The van der Waals surface area contributed by atoms with Gasteiger partial charge in [-0.25, -0.2) is 4.98 Å². The van der Waals surface area contributed by atoms with E-state index in [2.05, 4.69) is 23.4 Å². The molecule has 0 unspecified atom stereocenters. The fraction of sp³-hybridized carbons (Fsp3) is 0.333. The minimum absolute atomic E-state index is 0.157. The maximum Gasteiger partial charge on any atom is 0.175 e. The molecule has 0 atom stereocenters. The molecule has 140 valence electrons. The lowest BCUT2D eigenvalue weighted by Crippen LogP contribution is -2.06. The predicted molar refractivity (Wildman–Crippen MR) is 107 cm³/mol. The summed E-state index contributed by atoms with van der Waals surface area (Å²) in [6.07, 6.45) is 6.11. The van der Waals surface area contributed by atoms with Crippen LogP contribution in [0.1, 0.15) is 40.6 Å². The summed E-state index contributed by atoms with van der Waals surface area (Å²) < 4.78 is 9.52. The number of hydrogen-bond donors (Lipinski definition) is 0. The summed E-state index contributed by atoms with van der Waals surface area (Å²) >= 11 is 1.47. The van der Waals surface area contributed by atoms with Crippen molar-refractivity contribution in [3.8, 4) is 11.4 Å². The third kappa shape index (κ3) is 3.54. The Labute approximate surface area is 163 Å². The van der Waals surface area contributed by atoms with E-state index in [4.69, 9.17) is 4.74 Å². The van der Waals surface area contributed by atoms with Gasteiger partial charge in [0.05, 0.1) is 12.9 Å². The van der Waals surface area contributed by atoms with Crippen molar-refractivity contribution in [3.05, 3.63) is 59.7 Å². The van der Waals surface area contributed by atoms with Crippen molar-refractivity contribution in [2.75, 3.05) is 12.9 Å². The van der Waals surface area contributed by atoms with Crippen LogP contribution in [-0.4, -0.2) is 32.8 Å². The number of Topliss-reactive ketones (excluding diaryl/α,β-unsaturated/α-hetero) is 1. The molecule has 1 saturated carbocycles. The van der Waals surface area contributed by atoms with Crippen LogP contribution in [0.3, 0.4) is 0 Å². The van der Waals surface area contributed by atoms with E-state index in [1.165, 1.54) is 30.3 Å². The lowest BCUT2D eigenvalue weighted by atomic mass is 10.2. The van der Waals surface area contributed by atoms with Crippen molar-refractivity contribution >= 4 is 17.5 Å². The van der Waals surface area contributed by atoms with E-state index < -0.39 is 0 Å². The van der Waals surface area contributed by atoms with Crippen molar-refractivity contribution in [2.24, 2.45) is 0 Å². The molecule has 6 heteroatoms. The van der Waals surface area contributed by atoms with Crippen molar-refractivity contribution in [3.63, 3.8) is 0 Å². The third-order valence-corrected chi connectivity index (χ3v) is 5.95. The van der Waals surface area contributed by atoms with Crippen LogP contribution in [0.4, 0.5) is 0 Å². The summed E-state index contributed by atoms with van der Waals surface area (Å²) in [5.74, 6) is 1.35. The van der Waals surface area contributed by atoms with E-state index in [-0.39, 0.29) is 5.78 Å². The minimum Gasteiger partial charge on any atom is -0.497 e. The molecule has 1 fully saturated rings. The van der Waals surface area contributed by atoms with E-state index in [1.54, 1.807) is 13.3 Å². The number of benzene rings is 1. The van der Waals surface area contributed by atoms with Crippen LogP contribution in [0.5, 0.6) is 5.75 Å². The van der Waals surface area contributed by atoms with Gasteiger partial charge in [-0.2, -0.15) is 0 Å². The number of ketones is 1. The molecule has 0 bridgehead atoms. The molecule has 0 spiro atoms. The zero-order valence-corrected chi connectivity index (χ0v) is 16.6. The number of thioether (sulfide) groups is 1. The van der Waals surface area contributed by atoms with Gasteiger partial charge in [-0.05, 0) is 57.0 Å². The molecule has 5 nitrogen and oxygen atoms in total. The van der Waals surface area contributed by atoms with Gasteiger partial charge in [0, 0.05) is 41.1 Å². The Balaban J connectivity index is 1.49. The number of nitrogens with zero attached hydrogens (tertiary/aromatic N) is 3. The van der Waals surface area contributed by atoms with Crippen molar-refractivity contribution in [2.45, 2.75) is 37.9 Å². The summed E-state index contributed by atoms with van der Waals surface area (Å²) in [7, 11) is 1.65. The first-order valence-electron chi connectivity index (χ1n) is 9.10. The fourth-order valence-corrected chi connectivity index (χ4v) is 4.35. The molecule has 4 rings (SSSR count). The number of carbonyl (C=O) groups is 1. The molecule has 0 saturated heterocycles. The summed E-state index contributed by atoms with van der Waals surface area (Å²) in [4.78, 5) is 17.2. The van der Waals surface area contributed by atoms with Gasteiger partial charge in [-0.1, -0.05) is 11.8 Å². The monoisotopic (exact) mass is 381 g/mol. The van der Waals surface area contributed by atoms with Crippen LogP contribution >= 0.6 is 11.8 Å². The molecule has 0 amide bonds. The lowest BCUT2D eigenvalue weighted by molar-refractivity contribution is 0.102. The van der Waals surface area contributed by atoms with Crippen LogP contribution in [0.15, 0.2) is 47.9 Å². The second-order valence-electron chi connectivity index (χ2n) is 6.88.